The number of carbonyl (C=O) groups is 2. The average Bonchev–Trinajstić information content (AvgIpc) is 2.46. The lowest BCUT2D eigenvalue weighted by Crippen LogP contribution is -2.52. The number of carbonyl (C=O) groups excluding carboxylic acids is 2. The van der Waals surface area contributed by atoms with Gasteiger partial charge in [-0.2, -0.15) is 0 Å². The molecule has 2 rings (SSSR count). The number of rotatable bonds is 2. The SMILES string of the molecule is CC1CCCC(C(=O)N2CCN(C(=O)CO)CC2)C1. The second-order valence-electron chi connectivity index (χ2n) is 5.83. The van der Waals surface area contributed by atoms with Gasteiger partial charge in [0.05, 0.1) is 0 Å². The Morgan fingerprint density at radius 1 is 1.11 bits per heavy atom. The van der Waals surface area contributed by atoms with E-state index in [2.05, 4.69) is 6.92 Å². The summed E-state index contributed by atoms with van der Waals surface area (Å²) in [5.41, 5.74) is 0. The zero-order valence-corrected chi connectivity index (χ0v) is 11.7. The summed E-state index contributed by atoms with van der Waals surface area (Å²) in [6, 6.07) is 0. The van der Waals surface area contributed by atoms with E-state index in [-0.39, 0.29) is 17.7 Å². The van der Waals surface area contributed by atoms with Gasteiger partial charge in [0.1, 0.15) is 6.61 Å². The first-order chi connectivity index (χ1) is 9.11. The van der Waals surface area contributed by atoms with Gasteiger partial charge >= 0.3 is 0 Å². The maximum absolute atomic E-state index is 12.4. The van der Waals surface area contributed by atoms with Gasteiger partial charge in [-0.25, -0.2) is 0 Å². The molecular weight excluding hydrogens is 244 g/mol. The fourth-order valence-electron chi connectivity index (χ4n) is 3.19. The molecule has 5 heteroatoms. The minimum Gasteiger partial charge on any atom is -0.387 e. The lowest BCUT2D eigenvalue weighted by molar-refractivity contribution is -0.144. The van der Waals surface area contributed by atoms with E-state index in [0.717, 1.165) is 19.3 Å². The molecule has 0 aromatic rings. The molecule has 2 unspecified atom stereocenters. The molecule has 2 fully saturated rings. The van der Waals surface area contributed by atoms with Crippen LogP contribution in [0.15, 0.2) is 0 Å². The first-order valence-corrected chi connectivity index (χ1v) is 7.29. The Kier molecular flexibility index (Phi) is 4.80. The fourth-order valence-corrected chi connectivity index (χ4v) is 3.19. The summed E-state index contributed by atoms with van der Waals surface area (Å²) < 4.78 is 0. The molecule has 0 aromatic carbocycles. The molecule has 1 saturated heterocycles. The lowest BCUT2D eigenvalue weighted by Gasteiger charge is -2.37. The molecule has 0 bridgehead atoms. The maximum atomic E-state index is 12.4. The minimum atomic E-state index is -0.436. The predicted molar refractivity (Wildman–Crippen MR) is 71.4 cm³/mol. The smallest absolute Gasteiger partial charge is 0.248 e. The van der Waals surface area contributed by atoms with Crippen molar-refractivity contribution in [3.8, 4) is 0 Å². The van der Waals surface area contributed by atoms with Gasteiger partial charge in [-0.1, -0.05) is 19.8 Å². The van der Waals surface area contributed by atoms with Crippen LogP contribution in [0.4, 0.5) is 0 Å². The number of aliphatic hydroxyl groups is 1. The molecule has 108 valence electrons. The van der Waals surface area contributed by atoms with Crippen LogP contribution in [0.5, 0.6) is 0 Å². The van der Waals surface area contributed by atoms with Crippen LogP contribution < -0.4 is 0 Å². The molecule has 1 aliphatic carbocycles. The van der Waals surface area contributed by atoms with Crippen molar-refractivity contribution < 1.29 is 14.7 Å². The van der Waals surface area contributed by atoms with E-state index < -0.39 is 6.61 Å². The molecule has 1 N–H and O–H groups in total. The molecule has 0 spiro atoms. The van der Waals surface area contributed by atoms with Crippen molar-refractivity contribution >= 4 is 11.8 Å². The second-order valence-corrected chi connectivity index (χ2v) is 5.83. The van der Waals surface area contributed by atoms with Crippen LogP contribution in [0.25, 0.3) is 0 Å². The van der Waals surface area contributed by atoms with Crippen LogP contribution in [0.2, 0.25) is 0 Å². The Labute approximate surface area is 114 Å². The summed E-state index contributed by atoms with van der Waals surface area (Å²) in [6.07, 6.45) is 4.41. The highest BCUT2D eigenvalue weighted by Gasteiger charge is 2.31. The van der Waals surface area contributed by atoms with Crippen molar-refractivity contribution in [3.05, 3.63) is 0 Å². The van der Waals surface area contributed by atoms with Gasteiger partial charge in [-0.05, 0) is 18.8 Å². The zero-order valence-electron chi connectivity index (χ0n) is 11.7. The molecule has 1 saturated carbocycles. The van der Waals surface area contributed by atoms with Crippen molar-refractivity contribution in [2.45, 2.75) is 32.6 Å². The number of piperazine rings is 1. The van der Waals surface area contributed by atoms with Crippen LogP contribution in [-0.2, 0) is 9.59 Å². The highest BCUT2D eigenvalue weighted by atomic mass is 16.3. The number of hydrogen-bond donors (Lipinski definition) is 1. The highest BCUT2D eigenvalue weighted by Crippen LogP contribution is 2.30. The maximum Gasteiger partial charge on any atom is 0.248 e. The number of amides is 2. The summed E-state index contributed by atoms with van der Waals surface area (Å²) in [5.74, 6) is 0.866. The fraction of sp³-hybridized carbons (Fsp3) is 0.857. The third kappa shape index (κ3) is 3.47. The van der Waals surface area contributed by atoms with Crippen molar-refractivity contribution in [2.75, 3.05) is 32.8 Å². The van der Waals surface area contributed by atoms with Gasteiger partial charge < -0.3 is 14.9 Å². The summed E-state index contributed by atoms with van der Waals surface area (Å²) in [7, 11) is 0. The Morgan fingerprint density at radius 3 is 2.32 bits per heavy atom. The van der Waals surface area contributed by atoms with Gasteiger partial charge in [0.25, 0.3) is 0 Å². The number of nitrogens with zero attached hydrogens (tertiary/aromatic N) is 2. The van der Waals surface area contributed by atoms with E-state index in [1.54, 1.807) is 4.90 Å². The van der Waals surface area contributed by atoms with Crippen molar-refractivity contribution in [3.63, 3.8) is 0 Å². The Morgan fingerprint density at radius 2 is 1.74 bits per heavy atom. The van der Waals surface area contributed by atoms with E-state index >= 15 is 0 Å². The van der Waals surface area contributed by atoms with Crippen molar-refractivity contribution in [1.29, 1.82) is 0 Å². The van der Waals surface area contributed by atoms with Crippen LogP contribution in [0.1, 0.15) is 32.6 Å². The van der Waals surface area contributed by atoms with Crippen molar-refractivity contribution in [1.82, 2.24) is 9.80 Å². The molecule has 1 aliphatic heterocycles. The van der Waals surface area contributed by atoms with E-state index in [9.17, 15) is 9.59 Å². The zero-order chi connectivity index (χ0) is 13.8. The lowest BCUT2D eigenvalue weighted by atomic mass is 9.81. The average molecular weight is 268 g/mol. The quantitative estimate of drug-likeness (QED) is 0.792. The number of hydrogen-bond acceptors (Lipinski definition) is 3. The van der Waals surface area contributed by atoms with Crippen molar-refractivity contribution in [2.24, 2.45) is 11.8 Å². The Balaban J connectivity index is 1.83. The third-order valence-corrected chi connectivity index (χ3v) is 4.36. The Hall–Kier alpha value is -1.10. The molecule has 0 aromatic heterocycles. The van der Waals surface area contributed by atoms with E-state index in [1.807, 2.05) is 4.90 Å². The summed E-state index contributed by atoms with van der Waals surface area (Å²) in [5, 5.41) is 8.82. The topological polar surface area (TPSA) is 60.9 Å². The molecule has 19 heavy (non-hydrogen) atoms. The molecular formula is C14H24N2O3. The predicted octanol–water partition coefficient (Wildman–Crippen LogP) is 0.476. The van der Waals surface area contributed by atoms with Crippen LogP contribution >= 0.6 is 0 Å². The summed E-state index contributed by atoms with van der Waals surface area (Å²) >= 11 is 0. The largest absolute Gasteiger partial charge is 0.387 e. The van der Waals surface area contributed by atoms with Gasteiger partial charge in [0.15, 0.2) is 0 Å². The minimum absolute atomic E-state index is 0.184. The first-order valence-electron chi connectivity index (χ1n) is 7.29. The van der Waals surface area contributed by atoms with Gasteiger partial charge in [0.2, 0.25) is 11.8 Å². The first kappa shape index (κ1) is 14.3. The Bertz CT molecular complexity index is 338. The molecule has 1 heterocycles. The molecule has 2 aliphatic rings. The molecule has 2 atom stereocenters. The summed E-state index contributed by atoms with van der Waals surface area (Å²) in [4.78, 5) is 27.3. The van der Waals surface area contributed by atoms with E-state index in [4.69, 9.17) is 5.11 Å². The monoisotopic (exact) mass is 268 g/mol. The molecule has 0 radical (unpaired) electrons. The van der Waals surface area contributed by atoms with Gasteiger partial charge in [-0.15, -0.1) is 0 Å². The van der Waals surface area contributed by atoms with E-state index in [1.165, 1.54) is 6.42 Å². The van der Waals surface area contributed by atoms with Crippen LogP contribution in [0, 0.1) is 11.8 Å². The summed E-state index contributed by atoms with van der Waals surface area (Å²) in [6.45, 7) is 4.09. The third-order valence-electron chi connectivity index (χ3n) is 4.36. The number of aliphatic hydroxyl groups excluding tert-OH is 1. The second kappa shape index (κ2) is 6.37. The molecule has 2 amide bonds. The van der Waals surface area contributed by atoms with E-state index in [0.29, 0.717) is 32.1 Å². The molecule has 5 nitrogen and oxygen atoms in total. The van der Waals surface area contributed by atoms with Crippen LogP contribution in [-0.4, -0.2) is 59.5 Å². The highest BCUT2D eigenvalue weighted by molar-refractivity contribution is 5.80. The van der Waals surface area contributed by atoms with Gasteiger partial charge in [0, 0.05) is 32.1 Å². The normalized spacial score (nSPS) is 28.3. The van der Waals surface area contributed by atoms with Gasteiger partial charge in [-0.3, -0.25) is 9.59 Å². The van der Waals surface area contributed by atoms with Crippen LogP contribution in [0.3, 0.4) is 0 Å². The standard InChI is InChI=1S/C14H24N2O3/c1-11-3-2-4-12(9-11)14(19)16-7-5-15(6-8-16)13(18)10-17/h11-12,17H,2-10H2,1H3.